The molecule has 0 aliphatic carbocycles. The van der Waals surface area contributed by atoms with E-state index < -0.39 is 18.0 Å². The molecule has 7 heteroatoms. The van der Waals surface area contributed by atoms with Gasteiger partial charge < -0.3 is 14.8 Å². The number of hydrogen-bond acceptors (Lipinski definition) is 6. The summed E-state index contributed by atoms with van der Waals surface area (Å²) in [7, 11) is 1.58. The van der Waals surface area contributed by atoms with Crippen LogP contribution in [0.4, 0.5) is 5.69 Å². The number of fused-ring (bicyclic) bond motifs is 2. The van der Waals surface area contributed by atoms with Gasteiger partial charge in [-0.2, -0.15) is 0 Å². The number of benzene rings is 2. The smallest absolute Gasteiger partial charge is 0.339 e. The van der Waals surface area contributed by atoms with Crippen molar-refractivity contribution in [2.75, 3.05) is 25.5 Å². The molecule has 172 valence electrons. The quantitative estimate of drug-likeness (QED) is 0.547. The summed E-state index contributed by atoms with van der Waals surface area (Å²) in [6, 6.07) is 14.6. The Labute approximate surface area is 193 Å². The topological polar surface area (TPSA) is 80.8 Å². The second-order valence-electron chi connectivity index (χ2n) is 8.22. The monoisotopic (exact) mass is 447 g/mol. The predicted molar refractivity (Wildman–Crippen MR) is 128 cm³/mol. The third-order valence-electron chi connectivity index (χ3n) is 5.88. The van der Waals surface area contributed by atoms with Crippen LogP contribution in [-0.4, -0.2) is 48.1 Å². The molecule has 2 heterocycles. The lowest BCUT2D eigenvalue weighted by molar-refractivity contribution is -0.123. The van der Waals surface area contributed by atoms with Crippen molar-refractivity contribution in [1.29, 1.82) is 0 Å². The Morgan fingerprint density at radius 3 is 2.64 bits per heavy atom. The first-order valence-electron chi connectivity index (χ1n) is 11.3. The maximum Gasteiger partial charge on any atom is 0.339 e. The number of methoxy groups -OCH3 is 1. The number of para-hydroxylation sites is 1. The fourth-order valence-corrected chi connectivity index (χ4v) is 4.18. The Morgan fingerprint density at radius 1 is 1.15 bits per heavy atom. The van der Waals surface area contributed by atoms with Crippen molar-refractivity contribution in [1.82, 2.24) is 9.88 Å². The molecule has 33 heavy (non-hydrogen) atoms. The Morgan fingerprint density at radius 2 is 1.91 bits per heavy atom. The lowest BCUT2D eigenvalue weighted by atomic mass is 9.95. The number of esters is 1. The number of carbonyl (C=O) groups excluding carboxylic acids is 2. The summed E-state index contributed by atoms with van der Waals surface area (Å²) in [6.07, 6.45) is 0.865. The van der Waals surface area contributed by atoms with Gasteiger partial charge in [-0.15, -0.1) is 0 Å². The van der Waals surface area contributed by atoms with Gasteiger partial charge >= 0.3 is 5.97 Å². The molecule has 4 rings (SSSR count). The molecule has 2 aromatic carbocycles. The summed E-state index contributed by atoms with van der Waals surface area (Å²) >= 11 is 0. The first kappa shape index (κ1) is 22.7. The Kier molecular flexibility index (Phi) is 6.89. The van der Waals surface area contributed by atoms with Gasteiger partial charge in [-0.25, -0.2) is 4.79 Å². The van der Waals surface area contributed by atoms with E-state index in [2.05, 4.69) is 17.1 Å². The Hall–Kier alpha value is -3.45. The van der Waals surface area contributed by atoms with Crippen LogP contribution in [-0.2, 0) is 22.5 Å². The highest BCUT2D eigenvalue weighted by molar-refractivity contribution is 6.06. The number of nitrogens with one attached hydrogen (secondary N) is 1. The van der Waals surface area contributed by atoms with E-state index in [0.717, 1.165) is 48.1 Å². The highest BCUT2D eigenvalue weighted by atomic mass is 16.5. The molecule has 0 fully saturated rings. The van der Waals surface area contributed by atoms with Gasteiger partial charge in [-0.05, 0) is 50.2 Å². The van der Waals surface area contributed by atoms with Gasteiger partial charge in [0.15, 0.2) is 6.10 Å². The van der Waals surface area contributed by atoms with E-state index in [0.29, 0.717) is 23.5 Å². The van der Waals surface area contributed by atoms with Crippen molar-refractivity contribution in [2.45, 2.75) is 39.3 Å². The van der Waals surface area contributed by atoms with Gasteiger partial charge in [0.25, 0.3) is 5.91 Å². The molecular formula is C26H29N3O4. The summed E-state index contributed by atoms with van der Waals surface area (Å²) in [4.78, 5) is 33.2. The molecule has 1 unspecified atom stereocenters. The van der Waals surface area contributed by atoms with Crippen molar-refractivity contribution in [3.8, 4) is 5.75 Å². The maximum absolute atomic E-state index is 13.4. The van der Waals surface area contributed by atoms with Gasteiger partial charge in [0.05, 0.1) is 18.2 Å². The predicted octanol–water partition coefficient (Wildman–Crippen LogP) is 4.20. The molecule has 0 spiro atoms. The summed E-state index contributed by atoms with van der Waals surface area (Å²) in [5.74, 6) is -0.201. The van der Waals surface area contributed by atoms with E-state index in [1.807, 2.05) is 24.3 Å². The molecule has 7 nitrogen and oxygen atoms in total. The second kappa shape index (κ2) is 10.0. The van der Waals surface area contributed by atoms with Gasteiger partial charge in [-0.3, -0.25) is 14.7 Å². The Bertz CT molecular complexity index is 1160. The molecular weight excluding hydrogens is 418 g/mol. The van der Waals surface area contributed by atoms with Crippen molar-refractivity contribution < 1.29 is 19.1 Å². The molecule has 1 aromatic heterocycles. The minimum Gasteiger partial charge on any atom is -0.497 e. The minimum absolute atomic E-state index is 0.395. The fraction of sp³-hybridized carbons (Fsp3) is 0.346. The fourth-order valence-electron chi connectivity index (χ4n) is 4.18. The molecule has 1 aliphatic rings. The second-order valence-corrected chi connectivity index (χ2v) is 8.22. The van der Waals surface area contributed by atoms with Crippen LogP contribution in [0, 0.1) is 0 Å². The number of amides is 1. The lowest BCUT2D eigenvalue weighted by Gasteiger charge is -2.29. The van der Waals surface area contributed by atoms with Gasteiger partial charge in [-0.1, -0.05) is 25.1 Å². The zero-order valence-electron chi connectivity index (χ0n) is 19.3. The third kappa shape index (κ3) is 4.98. The zero-order chi connectivity index (χ0) is 23.4. The number of carbonyl (C=O) groups is 2. The summed E-state index contributed by atoms with van der Waals surface area (Å²) in [5, 5.41) is 3.53. The molecule has 1 N–H and O–H groups in total. The van der Waals surface area contributed by atoms with Crippen molar-refractivity contribution in [3.05, 3.63) is 65.4 Å². The molecule has 0 radical (unpaired) electrons. The molecule has 0 saturated carbocycles. The zero-order valence-corrected chi connectivity index (χ0v) is 19.3. The molecule has 0 bridgehead atoms. The van der Waals surface area contributed by atoms with Crippen molar-refractivity contribution in [2.24, 2.45) is 0 Å². The number of anilines is 1. The van der Waals surface area contributed by atoms with E-state index in [-0.39, 0.29) is 0 Å². The van der Waals surface area contributed by atoms with Crippen LogP contribution in [0.5, 0.6) is 5.75 Å². The van der Waals surface area contributed by atoms with Crippen LogP contribution < -0.4 is 10.1 Å². The highest BCUT2D eigenvalue weighted by Gasteiger charge is 2.28. The first-order valence-corrected chi connectivity index (χ1v) is 11.3. The van der Waals surface area contributed by atoms with Gasteiger partial charge in [0, 0.05) is 41.8 Å². The van der Waals surface area contributed by atoms with Gasteiger partial charge in [0.2, 0.25) is 0 Å². The minimum atomic E-state index is -0.961. The maximum atomic E-state index is 13.4. The molecule has 1 amide bonds. The van der Waals surface area contributed by atoms with E-state index in [1.54, 1.807) is 38.3 Å². The first-order chi connectivity index (χ1) is 16.0. The van der Waals surface area contributed by atoms with Gasteiger partial charge in [0.1, 0.15) is 5.75 Å². The van der Waals surface area contributed by atoms with Crippen LogP contribution in [0.3, 0.4) is 0 Å². The van der Waals surface area contributed by atoms with Crippen LogP contribution in [0.25, 0.3) is 10.9 Å². The van der Waals surface area contributed by atoms with Crippen LogP contribution in [0.1, 0.15) is 41.9 Å². The number of ether oxygens (including phenoxy) is 2. The SMILES string of the molecule is CCCN1CCc2nc3ccccc3c(C(=O)OC(C)C(=O)Nc3ccc(OC)cc3)c2C1. The van der Waals surface area contributed by atoms with E-state index in [9.17, 15) is 9.59 Å². The average molecular weight is 448 g/mol. The molecule has 0 saturated heterocycles. The number of pyridine rings is 1. The summed E-state index contributed by atoms with van der Waals surface area (Å²) in [6.45, 7) is 6.25. The standard InChI is InChI=1S/C26H29N3O4/c1-4-14-29-15-13-23-21(16-29)24(20-7-5-6-8-22(20)28-23)26(31)33-17(2)25(30)27-18-9-11-19(32-3)12-10-18/h5-12,17H,4,13-16H2,1-3H3,(H,27,30). The van der Waals surface area contributed by atoms with E-state index >= 15 is 0 Å². The van der Waals surface area contributed by atoms with Crippen LogP contribution in [0.2, 0.25) is 0 Å². The van der Waals surface area contributed by atoms with Crippen molar-refractivity contribution >= 4 is 28.5 Å². The molecule has 1 atom stereocenters. The average Bonchev–Trinajstić information content (AvgIpc) is 2.83. The Balaban J connectivity index is 1.58. The summed E-state index contributed by atoms with van der Waals surface area (Å²) in [5.41, 5.74) is 3.72. The highest BCUT2D eigenvalue weighted by Crippen LogP contribution is 2.29. The van der Waals surface area contributed by atoms with E-state index in [1.165, 1.54) is 0 Å². The normalized spacial score (nSPS) is 14.4. The molecule has 1 aliphatic heterocycles. The largest absolute Gasteiger partial charge is 0.497 e. The number of nitrogens with zero attached hydrogens (tertiary/aromatic N) is 2. The third-order valence-corrected chi connectivity index (χ3v) is 5.88. The number of rotatable bonds is 7. The van der Waals surface area contributed by atoms with Crippen molar-refractivity contribution in [3.63, 3.8) is 0 Å². The van der Waals surface area contributed by atoms with Crippen LogP contribution in [0.15, 0.2) is 48.5 Å². The number of hydrogen-bond donors (Lipinski definition) is 1. The summed E-state index contributed by atoms with van der Waals surface area (Å²) < 4.78 is 10.8. The lowest BCUT2D eigenvalue weighted by Crippen LogP contribution is -2.34. The molecule has 3 aromatic rings. The van der Waals surface area contributed by atoms with E-state index in [4.69, 9.17) is 14.5 Å². The van der Waals surface area contributed by atoms with Crippen LogP contribution >= 0.6 is 0 Å². The number of aromatic nitrogens is 1.